The van der Waals surface area contributed by atoms with E-state index in [1.165, 1.54) is 61.4 Å². The second kappa shape index (κ2) is 9.94. The van der Waals surface area contributed by atoms with Crippen molar-refractivity contribution in [2.45, 2.75) is 13.0 Å². The van der Waals surface area contributed by atoms with E-state index in [-0.39, 0.29) is 22.6 Å². The molecule has 1 aliphatic rings. The molecule has 1 amide bonds. The summed E-state index contributed by atoms with van der Waals surface area (Å²) in [6, 6.07) is 17.9. The molecule has 1 fully saturated rings. The van der Waals surface area contributed by atoms with Gasteiger partial charge >= 0.3 is 5.97 Å². The quantitative estimate of drug-likeness (QED) is 0.175. The SMILES string of the molecule is COc1cc(/C(O)=C2/C(=O)C(=O)N(c3ccc(C#N)cc3)C2c2ccc(OC(C)=O)cc2)ccc1Cl. The minimum absolute atomic E-state index is 0.144. The summed E-state index contributed by atoms with van der Waals surface area (Å²) in [6.45, 7) is 1.27. The summed E-state index contributed by atoms with van der Waals surface area (Å²) in [5.74, 6) is -2.08. The lowest BCUT2D eigenvalue weighted by Gasteiger charge is -2.25. The maximum Gasteiger partial charge on any atom is 0.308 e. The molecule has 1 atom stereocenters. The zero-order valence-corrected chi connectivity index (χ0v) is 19.9. The summed E-state index contributed by atoms with van der Waals surface area (Å²) in [5.41, 5.74) is 1.31. The number of rotatable bonds is 5. The van der Waals surface area contributed by atoms with Gasteiger partial charge in [-0.2, -0.15) is 5.26 Å². The average molecular weight is 503 g/mol. The molecule has 1 aliphatic heterocycles. The monoisotopic (exact) mass is 502 g/mol. The van der Waals surface area contributed by atoms with E-state index in [9.17, 15) is 19.5 Å². The lowest BCUT2D eigenvalue weighted by atomic mass is 9.95. The summed E-state index contributed by atoms with van der Waals surface area (Å²) in [5, 5.41) is 20.7. The van der Waals surface area contributed by atoms with Crippen molar-refractivity contribution in [1.29, 1.82) is 5.26 Å². The van der Waals surface area contributed by atoms with Crippen molar-refractivity contribution in [3.05, 3.63) is 94.0 Å². The summed E-state index contributed by atoms with van der Waals surface area (Å²) in [7, 11) is 1.42. The molecule has 0 aliphatic carbocycles. The Morgan fingerprint density at radius 1 is 1.06 bits per heavy atom. The van der Waals surface area contributed by atoms with Gasteiger partial charge in [0.2, 0.25) is 0 Å². The minimum atomic E-state index is -1.01. The second-order valence-corrected chi connectivity index (χ2v) is 8.25. The van der Waals surface area contributed by atoms with Crippen LogP contribution in [0.1, 0.15) is 29.7 Å². The molecule has 1 unspecified atom stereocenters. The number of carbonyl (C=O) groups excluding carboxylic acids is 3. The molecule has 0 saturated carbocycles. The van der Waals surface area contributed by atoms with Crippen LogP contribution in [0, 0.1) is 11.3 Å². The number of aliphatic hydroxyl groups is 1. The van der Waals surface area contributed by atoms with Crippen LogP contribution in [0.4, 0.5) is 5.69 Å². The van der Waals surface area contributed by atoms with Gasteiger partial charge in [-0.25, -0.2) is 0 Å². The third-order valence-corrected chi connectivity index (χ3v) is 5.91. The molecule has 1 heterocycles. The van der Waals surface area contributed by atoms with Gasteiger partial charge < -0.3 is 14.6 Å². The standard InChI is InChI=1S/C27H19ClN2O6/c1-15(31)36-20-10-5-17(6-11-20)24-23(25(32)18-7-12-21(28)22(13-18)35-2)26(33)27(34)30(24)19-8-3-16(14-29)4-9-19/h3-13,24,32H,1-2H3/b25-23-. The number of hydrogen-bond donors (Lipinski definition) is 1. The highest BCUT2D eigenvalue weighted by Gasteiger charge is 2.47. The highest BCUT2D eigenvalue weighted by molar-refractivity contribution is 6.51. The number of methoxy groups -OCH3 is 1. The third-order valence-electron chi connectivity index (χ3n) is 5.60. The fourth-order valence-electron chi connectivity index (χ4n) is 3.96. The average Bonchev–Trinajstić information content (AvgIpc) is 3.14. The molecule has 0 aromatic heterocycles. The number of benzene rings is 3. The summed E-state index contributed by atoms with van der Waals surface area (Å²) in [4.78, 5) is 39.0. The normalized spacial score (nSPS) is 16.5. The van der Waals surface area contributed by atoms with Crippen molar-refractivity contribution in [2.75, 3.05) is 12.0 Å². The maximum atomic E-state index is 13.3. The first-order chi connectivity index (χ1) is 17.2. The van der Waals surface area contributed by atoms with Crippen LogP contribution in [0.5, 0.6) is 11.5 Å². The Morgan fingerprint density at radius 2 is 1.72 bits per heavy atom. The number of hydrogen-bond acceptors (Lipinski definition) is 7. The Labute approximate surface area is 211 Å². The molecular formula is C27H19ClN2O6. The molecule has 180 valence electrons. The number of amides is 1. The van der Waals surface area contributed by atoms with Crippen LogP contribution in [0.3, 0.4) is 0 Å². The Hall–Kier alpha value is -4.61. The number of nitriles is 1. The molecule has 1 N–H and O–H groups in total. The zero-order chi connectivity index (χ0) is 26.0. The van der Waals surface area contributed by atoms with Crippen molar-refractivity contribution in [3.8, 4) is 17.6 Å². The molecule has 9 heteroatoms. The van der Waals surface area contributed by atoms with E-state index in [2.05, 4.69) is 0 Å². The molecule has 3 aromatic carbocycles. The van der Waals surface area contributed by atoms with E-state index in [1.54, 1.807) is 24.3 Å². The molecule has 8 nitrogen and oxygen atoms in total. The van der Waals surface area contributed by atoms with Crippen LogP contribution >= 0.6 is 11.6 Å². The van der Waals surface area contributed by atoms with Gasteiger partial charge in [-0.15, -0.1) is 0 Å². The Balaban J connectivity index is 1.90. The molecule has 4 rings (SSSR count). The topological polar surface area (TPSA) is 117 Å². The third kappa shape index (κ3) is 4.52. The fourth-order valence-corrected chi connectivity index (χ4v) is 4.15. The van der Waals surface area contributed by atoms with E-state index in [0.717, 1.165) is 0 Å². The van der Waals surface area contributed by atoms with Gasteiger partial charge in [0.25, 0.3) is 11.7 Å². The molecule has 0 bridgehead atoms. The number of anilines is 1. The summed E-state index contributed by atoms with van der Waals surface area (Å²) in [6.07, 6.45) is 0. The number of ketones is 1. The Bertz CT molecular complexity index is 1440. The first kappa shape index (κ1) is 24.5. The van der Waals surface area contributed by atoms with Gasteiger partial charge in [0, 0.05) is 18.2 Å². The van der Waals surface area contributed by atoms with Crippen LogP contribution in [0.25, 0.3) is 5.76 Å². The van der Waals surface area contributed by atoms with Gasteiger partial charge in [0.05, 0.1) is 35.4 Å². The number of halogens is 1. The number of aliphatic hydroxyl groups excluding tert-OH is 1. The number of esters is 1. The predicted octanol–water partition coefficient (Wildman–Crippen LogP) is 4.77. The number of nitrogens with zero attached hydrogens (tertiary/aromatic N) is 2. The fraction of sp³-hybridized carbons (Fsp3) is 0.111. The number of Topliss-reactive ketones (excluding diaryl/α,β-unsaturated/α-hetero) is 1. The van der Waals surface area contributed by atoms with E-state index >= 15 is 0 Å². The van der Waals surface area contributed by atoms with Gasteiger partial charge in [-0.3, -0.25) is 19.3 Å². The van der Waals surface area contributed by atoms with E-state index < -0.39 is 29.5 Å². The molecule has 36 heavy (non-hydrogen) atoms. The Morgan fingerprint density at radius 3 is 2.31 bits per heavy atom. The van der Waals surface area contributed by atoms with Gasteiger partial charge in [-0.1, -0.05) is 23.7 Å². The molecule has 0 radical (unpaired) electrons. The smallest absolute Gasteiger partial charge is 0.308 e. The number of carbonyl (C=O) groups is 3. The highest BCUT2D eigenvalue weighted by Crippen LogP contribution is 2.43. The summed E-state index contributed by atoms with van der Waals surface area (Å²) < 4.78 is 10.3. The molecule has 1 saturated heterocycles. The molecule has 3 aromatic rings. The highest BCUT2D eigenvalue weighted by atomic mass is 35.5. The molecular weight excluding hydrogens is 484 g/mol. The van der Waals surface area contributed by atoms with Crippen LogP contribution in [0.2, 0.25) is 5.02 Å². The van der Waals surface area contributed by atoms with E-state index in [4.69, 9.17) is 26.3 Å². The number of ether oxygens (including phenoxy) is 2. The van der Waals surface area contributed by atoms with E-state index in [1.807, 2.05) is 6.07 Å². The largest absolute Gasteiger partial charge is 0.507 e. The van der Waals surface area contributed by atoms with Crippen LogP contribution < -0.4 is 14.4 Å². The maximum absolute atomic E-state index is 13.3. The van der Waals surface area contributed by atoms with Crippen molar-refractivity contribution < 1.29 is 29.0 Å². The first-order valence-electron chi connectivity index (χ1n) is 10.7. The van der Waals surface area contributed by atoms with Crippen LogP contribution in [-0.4, -0.2) is 29.9 Å². The second-order valence-electron chi connectivity index (χ2n) is 7.84. The van der Waals surface area contributed by atoms with E-state index in [0.29, 0.717) is 21.8 Å². The van der Waals surface area contributed by atoms with Gasteiger partial charge in [0.1, 0.15) is 17.3 Å². The van der Waals surface area contributed by atoms with Crippen LogP contribution in [0.15, 0.2) is 72.3 Å². The van der Waals surface area contributed by atoms with Crippen molar-refractivity contribution in [2.24, 2.45) is 0 Å². The van der Waals surface area contributed by atoms with Crippen LogP contribution in [-0.2, 0) is 14.4 Å². The van der Waals surface area contributed by atoms with Gasteiger partial charge in [0.15, 0.2) is 0 Å². The predicted molar refractivity (Wildman–Crippen MR) is 132 cm³/mol. The van der Waals surface area contributed by atoms with Crippen molar-refractivity contribution in [3.63, 3.8) is 0 Å². The lowest BCUT2D eigenvalue weighted by molar-refractivity contribution is -0.132. The Kier molecular flexibility index (Phi) is 6.77. The van der Waals surface area contributed by atoms with Crippen molar-refractivity contribution >= 4 is 40.7 Å². The molecule has 0 spiro atoms. The lowest BCUT2D eigenvalue weighted by Crippen LogP contribution is -2.29. The first-order valence-corrected chi connectivity index (χ1v) is 11.1. The zero-order valence-electron chi connectivity index (χ0n) is 19.2. The van der Waals surface area contributed by atoms with Gasteiger partial charge in [-0.05, 0) is 60.2 Å². The van der Waals surface area contributed by atoms with Crippen molar-refractivity contribution in [1.82, 2.24) is 0 Å². The summed E-state index contributed by atoms with van der Waals surface area (Å²) >= 11 is 6.11. The minimum Gasteiger partial charge on any atom is -0.507 e.